The van der Waals surface area contributed by atoms with Crippen LogP contribution in [-0.4, -0.2) is 60.5 Å². The number of methoxy groups -OCH3 is 1. The summed E-state index contributed by atoms with van der Waals surface area (Å²) in [6, 6.07) is 10.7. The van der Waals surface area contributed by atoms with Gasteiger partial charge in [-0.15, -0.1) is 0 Å². The lowest BCUT2D eigenvalue weighted by Crippen LogP contribution is -2.50. The van der Waals surface area contributed by atoms with Crippen LogP contribution in [0.2, 0.25) is 0 Å². The molecule has 4 rings (SSSR count). The summed E-state index contributed by atoms with van der Waals surface area (Å²) < 4.78 is 18.9. The van der Waals surface area contributed by atoms with Crippen LogP contribution in [0.25, 0.3) is 0 Å². The number of amides is 2. The molecule has 2 amide bonds. The van der Waals surface area contributed by atoms with Crippen molar-refractivity contribution in [2.24, 2.45) is 0 Å². The minimum atomic E-state index is -0.497. The minimum Gasteiger partial charge on any atom is -0.494 e. The Labute approximate surface area is 193 Å². The molecule has 0 aliphatic carbocycles. The number of halogens is 1. The topological polar surface area (TPSA) is 74.8 Å². The van der Waals surface area contributed by atoms with Crippen LogP contribution in [0.1, 0.15) is 36.9 Å². The molecule has 1 atom stereocenters. The van der Waals surface area contributed by atoms with Crippen molar-refractivity contribution in [1.82, 2.24) is 15.2 Å². The van der Waals surface area contributed by atoms with Crippen LogP contribution in [0.4, 0.5) is 10.2 Å². The smallest absolute Gasteiger partial charge is 0.222 e. The number of pyridine rings is 1. The van der Waals surface area contributed by atoms with Crippen LogP contribution < -0.4 is 15.0 Å². The Kier molecular flexibility index (Phi) is 6.81. The van der Waals surface area contributed by atoms with Crippen LogP contribution in [-0.2, 0) is 16.0 Å². The fourth-order valence-electron chi connectivity index (χ4n) is 4.78. The molecule has 33 heavy (non-hydrogen) atoms. The number of piperazine rings is 1. The number of carbonyl (C=O) groups is 2. The minimum absolute atomic E-state index is 0.00389. The fraction of sp³-hybridized carbons (Fsp3) is 0.480. The van der Waals surface area contributed by atoms with Gasteiger partial charge < -0.3 is 19.9 Å². The Balaban J connectivity index is 1.35. The predicted octanol–water partition coefficient (Wildman–Crippen LogP) is 2.86. The number of aromatic nitrogens is 1. The van der Waals surface area contributed by atoms with Crippen molar-refractivity contribution in [2.45, 2.75) is 44.6 Å². The van der Waals surface area contributed by atoms with Gasteiger partial charge in [-0.2, -0.15) is 0 Å². The lowest BCUT2D eigenvalue weighted by Gasteiger charge is -2.36. The predicted molar refractivity (Wildman–Crippen MR) is 124 cm³/mol. The number of nitrogens with one attached hydrogen (secondary N) is 1. The van der Waals surface area contributed by atoms with E-state index >= 15 is 0 Å². The van der Waals surface area contributed by atoms with Gasteiger partial charge in [0.15, 0.2) is 11.6 Å². The zero-order valence-electron chi connectivity index (χ0n) is 19.3. The lowest BCUT2D eigenvalue weighted by atomic mass is 9.84. The van der Waals surface area contributed by atoms with Crippen molar-refractivity contribution in [2.75, 3.05) is 38.2 Å². The summed E-state index contributed by atoms with van der Waals surface area (Å²) in [5, 5.41) is 3.10. The number of aryl methyl sites for hydroxylation is 1. The molecule has 2 aliphatic rings. The summed E-state index contributed by atoms with van der Waals surface area (Å²) in [4.78, 5) is 33.7. The van der Waals surface area contributed by atoms with E-state index in [0.717, 1.165) is 30.2 Å². The van der Waals surface area contributed by atoms with Crippen LogP contribution >= 0.6 is 0 Å². The Morgan fingerprint density at radius 1 is 1.21 bits per heavy atom. The van der Waals surface area contributed by atoms with Crippen molar-refractivity contribution in [3.63, 3.8) is 0 Å². The van der Waals surface area contributed by atoms with Crippen LogP contribution in [0.3, 0.4) is 0 Å². The molecule has 176 valence electrons. The Hall–Kier alpha value is -3.16. The first-order valence-corrected chi connectivity index (χ1v) is 11.5. The number of ether oxygens (including phenoxy) is 1. The standard InChI is InChI=1S/C25H31FN4O3/c1-18-4-3-5-22(27-18)29-12-14-30(15-13-29)24(32)9-11-25(10-8-23(31)28-25)17-19-6-7-20(26)21(16-19)33-2/h3-7,16H,8-15,17H2,1-2H3,(H,28,31)/t25-/m1/s1. The number of anilines is 1. The van der Waals surface area contributed by atoms with E-state index in [4.69, 9.17) is 4.74 Å². The second-order valence-electron chi connectivity index (χ2n) is 8.98. The third-order valence-corrected chi connectivity index (χ3v) is 6.64. The molecule has 0 bridgehead atoms. The summed E-state index contributed by atoms with van der Waals surface area (Å²) in [6.45, 7) is 4.79. The van der Waals surface area contributed by atoms with Gasteiger partial charge >= 0.3 is 0 Å². The van der Waals surface area contributed by atoms with E-state index in [9.17, 15) is 14.0 Å². The summed E-state index contributed by atoms with van der Waals surface area (Å²) >= 11 is 0. The fourth-order valence-corrected chi connectivity index (χ4v) is 4.78. The second-order valence-corrected chi connectivity index (χ2v) is 8.98. The van der Waals surface area contributed by atoms with E-state index in [1.165, 1.54) is 13.2 Å². The van der Waals surface area contributed by atoms with Crippen molar-refractivity contribution in [3.05, 3.63) is 53.5 Å². The lowest BCUT2D eigenvalue weighted by molar-refractivity contribution is -0.132. The van der Waals surface area contributed by atoms with Crippen LogP contribution in [0.15, 0.2) is 36.4 Å². The largest absolute Gasteiger partial charge is 0.494 e. The maximum Gasteiger partial charge on any atom is 0.222 e. The number of hydrogen-bond acceptors (Lipinski definition) is 5. The summed E-state index contributed by atoms with van der Waals surface area (Å²) in [6.07, 6.45) is 2.55. The molecule has 0 saturated carbocycles. The molecule has 1 aromatic heterocycles. The number of rotatable bonds is 7. The van der Waals surface area contributed by atoms with Crippen molar-refractivity contribution in [3.8, 4) is 5.75 Å². The van der Waals surface area contributed by atoms with Gasteiger partial charge in [0, 0.05) is 50.3 Å². The molecule has 0 radical (unpaired) electrons. The average molecular weight is 455 g/mol. The van der Waals surface area contributed by atoms with E-state index in [-0.39, 0.29) is 17.6 Å². The molecule has 8 heteroatoms. The zero-order valence-corrected chi connectivity index (χ0v) is 19.3. The summed E-state index contributed by atoms with van der Waals surface area (Å²) in [5.41, 5.74) is 1.36. The third-order valence-electron chi connectivity index (χ3n) is 6.64. The first-order valence-electron chi connectivity index (χ1n) is 11.5. The highest BCUT2D eigenvalue weighted by molar-refractivity contribution is 5.80. The molecular formula is C25H31FN4O3. The highest BCUT2D eigenvalue weighted by atomic mass is 19.1. The molecule has 7 nitrogen and oxygen atoms in total. The Bertz CT molecular complexity index is 1020. The monoisotopic (exact) mass is 454 g/mol. The van der Waals surface area contributed by atoms with Crippen molar-refractivity contribution in [1.29, 1.82) is 0 Å². The average Bonchev–Trinajstić information content (AvgIpc) is 3.19. The van der Waals surface area contributed by atoms with Gasteiger partial charge in [0.2, 0.25) is 11.8 Å². The van der Waals surface area contributed by atoms with E-state index in [2.05, 4.69) is 15.2 Å². The van der Waals surface area contributed by atoms with Gasteiger partial charge in [-0.05, 0) is 56.0 Å². The number of hydrogen-bond donors (Lipinski definition) is 1. The molecule has 2 aromatic rings. The number of carbonyl (C=O) groups excluding carboxylic acids is 2. The first-order chi connectivity index (χ1) is 15.9. The molecule has 1 aromatic carbocycles. The van der Waals surface area contributed by atoms with Gasteiger partial charge in [-0.3, -0.25) is 9.59 Å². The quantitative estimate of drug-likeness (QED) is 0.697. The van der Waals surface area contributed by atoms with E-state index in [0.29, 0.717) is 45.2 Å². The summed E-state index contributed by atoms with van der Waals surface area (Å²) in [5.74, 6) is 0.814. The van der Waals surface area contributed by atoms with Gasteiger partial charge in [0.1, 0.15) is 5.82 Å². The normalized spacial score (nSPS) is 20.6. The maximum atomic E-state index is 13.8. The molecule has 0 spiro atoms. The van der Waals surface area contributed by atoms with E-state index in [1.54, 1.807) is 12.1 Å². The van der Waals surface area contributed by atoms with Crippen LogP contribution in [0.5, 0.6) is 5.75 Å². The third kappa shape index (κ3) is 5.43. The molecule has 0 unspecified atom stereocenters. The van der Waals surface area contributed by atoms with Gasteiger partial charge in [0.25, 0.3) is 0 Å². The number of benzene rings is 1. The van der Waals surface area contributed by atoms with Gasteiger partial charge in [-0.25, -0.2) is 9.37 Å². The number of nitrogens with zero attached hydrogens (tertiary/aromatic N) is 3. The Morgan fingerprint density at radius 2 is 2.00 bits per heavy atom. The molecule has 3 heterocycles. The van der Waals surface area contributed by atoms with Gasteiger partial charge in [0.05, 0.1) is 7.11 Å². The van der Waals surface area contributed by atoms with E-state index in [1.807, 2.05) is 30.0 Å². The van der Waals surface area contributed by atoms with Crippen molar-refractivity contribution >= 4 is 17.6 Å². The first kappa shape index (κ1) is 23.0. The van der Waals surface area contributed by atoms with Crippen molar-refractivity contribution < 1.29 is 18.7 Å². The maximum absolute atomic E-state index is 13.8. The molecular weight excluding hydrogens is 423 g/mol. The molecule has 2 saturated heterocycles. The van der Waals surface area contributed by atoms with E-state index < -0.39 is 11.4 Å². The highest BCUT2D eigenvalue weighted by Crippen LogP contribution is 2.31. The highest BCUT2D eigenvalue weighted by Gasteiger charge is 2.38. The SMILES string of the molecule is COc1cc(C[C@]2(CCC(=O)N3CCN(c4cccc(C)n4)CC3)CCC(=O)N2)ccc1F. The molecule has 2 aliphatic heterocycles. The molecule has 2 fully saturated rings. The zero-order chi connectivity index (χ0) is 23.4. The second kappa shape index (κ2) is 9.77. The van der Waals surface area contributed by atoms with Gasteiger partial charge in [-0.1, -0.05) is 12.1 Å². The summed E-state index contributed by atoms with van der Waals surface area (Å²) in [7, 11) is 1.43. The Morgan fingerprint density at radius 3 is 2.67 bits per heavy atom. The molecule has 1 N–H and O–H groups in total. The van der Waals surface area contributed by atoms with Crippen LogP contribution in [0, 0.1) is 12.7 Å².